The second-order valence-corrected chi connectivity index (χ2v) is 3.96. The first-order valence-corrected chi connectivity index (χ1v) is 4.60. The average molecular weight is 152 g/mol. The Bertz CT molecular complexity index is 174. The number of hydrogen-bond donors (Lipinski definition) is 0. The Kier molecular flexibility index (Phi) is 1.67. The van der Waals surface area contributed by atoms with Crippen LogP contribution in [0.5, 0.6) is 0 Å². The summed E-state index contributed by atoms with van der Waals surface area (Å²) in [6.07, 6.45) is 4.07. The molecule has 2 aliphatic rings. The van der Waals surface area contributed by atoms with Gasteiger partial charge in [-0.15, -0.1) is 0 Å². The van der Waals surface area contributed by atoms with Crippen LogP contribution >= 0.6 is 0 Å². The Hall–Kier alpha value is -0.460. The van der Waals surface area contributed by atoms with Gasteiger partial charge in [0.15, 0.2) is 0 Å². The van der Waals surface area contributed by atoms with E-state index in [1.165, 1.54) is 19.3 Å². The third-order valence-corrected chi connectivity index (χ3v) is 3.30. The second kappa shape index (κ2) is 2.54. The lowest BCUT2D eigenvalue weighted by atomic mass is 9.74. The lowest BCUT2D eigenvalue weighted by Crippen LogP contribution is -2.24. The van der Waals surface area contributed by atoms with Crippen LogP contribution in [0.15, 0.2) is 12.3 Å². The van der Waals surface area contributed by atoms with E-state index in [2.05, 4.69) is 13.5 Å². The molecule has 0 aromatic rings. The summed E-state index contributed by atoms with van der Waals surface area (Å²) in [5, 5.41) is 0. The molecule has 0 N–H and O–H groups in total. The number of rotatable bonds is 0. The van der Waals surface area contributed by atoms with E-state index in [9.17, 15) is 0 Å². The van der Waals surface area contributed by atoms with E-state index in [1.54, 1.807) is 0 Å². The Morgan fingerprint density at radius 3 is 3.00 bits per heavy atom. The molecule has 0 aromatic carbocycles. The van der Waals surface area contributed by atoms with Crippen molar-refractivity contribution in [2.45, 2.75) is 26.2 Å². The Balaban J connectivity index is 2.12. The molecule has 3 atom stereocenters. The molecular weight excluding hydrogens is 136 g/mol. The fourth-order valence-corrected chi connectivity index (χ4v) is 2.47. The Labute approximate surface area is 68.4 Å². The lowest BCUT2D eigenvalue weighted by molar-refractivity contribution is 0.191. The molecule has 0 radical (unpaired) electrons. The topological polar surface area (TPSA) is 9.23 Å². The largest absolute Gasteiger partial charge is 0.498 e. The molecule has 1 nitrogen and oxygen atoms in total. The minimum Gasteiger partial charge on any atom is -0.498 e. The zero-order valence-corrected chi connectivity index (χ0v) is 7.18. The molecule has 0 amide bonds. The zero-order chi connectivity index (χ0) is 7.84. The highest BCUT2D eigenvalue weighted by atomic mass is 16.5. The van der Waals surface area contributed by atoms with Crippen LogP contribution in [0.25, 0.3) is 0 Å². The van der Waals surface area contributed by atoms with Gasteiger partial charge >= 0.3 is 0 Å². The molecule has 1 heteroatoms. The highest BCUT2D eigenvalue weighted by molar-refractivity contribution is 5.02. The van der Waals surface area contributed by atoms with E-state index in [1.807, 2.05) is 0 Å². The van der Waals surface area contributed by atoms with Gasteiger partial charge in [-0.1, -0.05) is 26.3 Å². The molecule has 2 fully saturated rings. The van der Waals surface area contributed by atoms with E-state index < -0.39 is 0 Å². The van der Waals surface area contributed by atoms with Crippen LogP contribution in [0.4, 0.5) is 0 Å². The summed E-state index contributed by atoms with van der Waals surface area (Å²) >= 11 is 0. The van der Waals surface area contributed by atoms with E-state index >= 15 is 0 Å². The van der Waals surface area contributed by atoms with Gasteiger partial charge in [0.1, 0.15) is 0 Å². The second-order valence-electron chi connectivity index (χ2n) is 3.96. The maximum Gasteiger partial charge on any atom is 0.0923 e. The first kappa shape index (κ1) is 7.20. The van der Waals surface area contributed by atoms with Crippen LogP contribution in [0.2, 0.25) is 0 Å². The van der Waals surface area contributed by atoms with Gasteiger partial charge in [0.25, 0.3) is 0 Å². The van der Waals surface area contributed by atoms with Crippen molar-refractivity contribution in [1.29, 1.82) is 0 Å². The molecule has 1 saturated heterocycles. The number of hydrogen-bond acceptors (Lipinski definition) is 1. The molecule has 1 aliphatic heterocycles. The molecular formula is C10H16O. The lowest BCUT2D eigenvalue weighted by Gasteiger charge is -2.28. The molecule has 1 saturated carbocycles. The average Bonchev–Trinajstić information content (AvgIpc) is 2.35. The minimum atomic E-state index is 0.693. The summed E-state index contributed by atoms with van der Waals surface area (Å²) in [6, 6.07) is 0. The van der Waals surface area contributed by atoms with Crippen molar-refractivity contribution in [3.8, 4) is 0 Å². The quantitative estimate of drug-likeness (QED) is 0.518. The van der Waals surface area contributed by atoms with Crippen LogP contribution in [-0.4, -0.2) is 6.61 Å². The predicted molar refractivity (Wildman–Crippen MR) is 45.1 cm³/mol. The van der Waals surface area contributed by atoms with E-state index in [0.29, 0.717) is 5.92 Å². The number of fused-ring (bicyclic) bond motifs is 1. The number of allylic oxidation sites excluding steroid dienone is 1. The third-order valence-electron chi connectivity index (χ3n) is 3.30. The molecule has 1 heterocycles. The van der Waals surface area contributed by atoms with Gasteiger partial charge in [-0.3, -0.25) is 0 Å². The van der Waals surface area contributed by atoms with Gasteiger partial charge in [-0.05, 0) is 12.3 Å². The molecule has 62 valence electrons. The summed E-state index contributed by atoms with van der Waals surface area (Å²) in [5.74, 6) is 3.39. The minimum absolute atomic E-state index is 0.693. The van der Waals surface area contributed by atoms with Crippen LogP contribution in [-0.2, 0) is 4.74 Å². The molecule has 0 spiro atoms. The highest BCUT2D eigenvalue weighted by Gasteiger charge is 2.38. The van der Waals surface area contributed by atoms with Crippen molar-refractivity contribution in [2.24, 2.45) is 17.8 Å². The molecule has 3 unspecified atom stereocenters. The van der Waals surface area contributed by atoms with Crippen molar-refractivity contribution >= 4 is 0 Å². The summed E-state index contributed by atoms with van der Waals surface area (Å²) in [5.41, 5.74) is 0. The normalized spacial score (nSPS) is 43.4. The SMILES string of the molecule is C=C1OCC2C(C)CCCC12. The smallest absolute Gasteiger partial charge is 0.0923 e. The maximum atomic E-state index is 5.48. The Morgan fingerprint density at radius 2 is 2.27 bits per heavy atom. The van der Waals surface area contributed by atoms with Crippen LogP contribution in [0.1, 0.15) is 26.2 Å². The first-order chi connectivity index (χ1) is 5.29. The predicted octanol–water partition coefficient (Wildman–Crippen LogP) is 2.58. The van der Waals surface area contributed by atoms with E-state index in [0.717, 1.165) is 24.2 Å². The fourth-order valence-electron chi connectivity index (χ4n) is 2.47. The van der Waals surface area contributed by atoms with Crippen LogP contribution < -0.4 is 0 Å². The summed E-state index contributed by atoms with van der Waals surface area (Å²) < 4.78 is 5.48. The van der Waals surface area contributed by atoms with Crippen LogP contribution in [0, 0.1) is 17.8 Å². The fraction of sp³-hybridized carbons (Fsp3) is 0.800. The first-order valence-electron chi connectivity index (χ1n) is 4.60. The summed E-state index contributed by atoms with van der Waals surface area (Å²) in [7, 11) is 0. The van der Waals surface area contributed by atoms with Gasteiger partial charge in [0, 0.05) is 11.8 Å². The standard InChI is InChI=1S/C10H16O/c1-7-4-3-5-9-8(2)11-6-10(7)9/h7,9-10H,2-6H2,1H3. The van der Waals surface area contributed by atoms with E-state index in [4.69, 9.17) is 4.74 Å². The highest BCUT2D eigenvalue weighted by Crippen LogP contribution is 2.43. The summed E-state index contributed by atoms with van der Waals surface area (Å²) in [6.45, 7) is 7.23. The summed E-state index contributed by atoms with van der Waals surface area (Å²) in [4.78, 5) is 0. The van der Waals surface area contributed by atoms with Gasteiger partial charge in [-0.25, -0.2) is 0 Å². The maximum absolute atomic E-state index is 5.48. The molecule has 1 aliphatic carbocycles. The molecule has 0 aromatic heterocycles. The number of ether oxygens (including phenoxy) is 1. The van der Waals surface area contributed by atoms with Crippen molar-refractivity contribution in [3.05, 3.63) is 12.3 Å². The van der Waals surface area contributed by atoms with Gasteiger partial charge < -0.3 is 4.74 Å². The van der Waals surface area contributed by atoms with Crippen molar-refractivity contribution in [1.82, 2.24) is 0 Å². The van der Waals surface area contributed by atoms with Gasteiger partial charge in [0.2, 0.25) is 0 Å². The Morgan fingerprint density at radius 1 is 1.45 bits per heavy atom. The molecule has 11 heavy (non-hydrogen) atoms. The molecule has 2 rings (SSSR count). The van der Waals surface area contributed by atoms with Gasteiger partial charge in [-0.2, -0.15) is 0 Å². The zero-order valence-electron chi connectivity index (χ0n) is 7.18. The van der Waals surface area contributed by atoms with Crippen LogP contribution in [0.3, 0.4) is 0 Å². The van der Waals surface area contributed by atoms with E-state index in [-0.39, 0.29) is 0 Å². The molecule has 0 bridgehead atoms. The van der Waals surface area contributed by atoms with Crippen molar-refractivity contribution in [3.63, 3.8) is 0 Å². The third kappa shape index (κ3) is 1.07. The van der Waals surface area contributed by atoms with Crippen molar-refractivity contribution < 1.29 is 4.74 Å². The monoisotopic (exact) mass is 152 g/mol. The van der Waals surface area contributed by atoms with Gasteiger partial charge in [0.05, 0.1) is 12.4 Å². The van der Waals surface area contributed by atoms with Crippen molar-refractivity contribution in [2.75, 3.05) is 6.61 Å².